The molecular formula is C17H18N4O2. The van der Waals surface area contributed by atoms with Crippen LogP contribution in [0.5, 0.6) is 0 Å². The van der Waals surface area contributed by atoms with Gasteiger partial charge in [0.25, 0.3) is 0 Å². The molecule has 1 aromatic carbocycles. The molecule has 23 heavy (non-hydrogen) atoms. The lowest BCUT2D eigenvalue weighted by Crippen LogP contribution is -2.23. The van der Waals surface area contributed by atoms with Crippen molar-refractivity contribution in [1.29, 1.82) is 0 Å². The molecule has 6 heteroatoms. The molecule has 0 fully saturated rings. The molecule has 0 saturated carbocycles. The van der Waals surface area contributed by atoms with E-state index < -0.39 is 0 Å². The van der Waals surface area contributed by atoms with Crippen molar-refractivity contribution >= 4 is 22.9 Å². The lowest BCUT2D eigenvalue weighted by Gasteiger charge is -1.98. The number of amides is 1. The summed E-state index contributed by atoms with van der Waals surface area (Å²) in [6.45, 7) is 2.22. The largest absolute Gasteiger partial charge is 0.352 e. The van der Waals surface area contributed by atoms with Gasteiger partial charge in [-0.2, -0.15) is 4.98 Å². The molecule has 0 aliphatic heterocycles. The summed E-state index contributed by atoms with van der Waals surface area (Å²) in [6.07, 6.45) is 5.90. The van der Waals surface area contributed by atoms with Crippen molar-refractivity contribution < 1.29 is 9.32 Å². The molecule has 2 aromatic heterocycles. The second kappa shape index (κ2) is 6.48. The van der Waals surface area contributed by atoms with Gasteiger partial charge in [-0.3, -0.25) is 4.79 Å². The molecule has 0 saturated heterocycles. The summed E-state index contributed by atoms with van der Waals surface area (Å²) in [5.41, 5.74) is 2.16. The molecule has 3 rings (SSSR count). The lowest BCUT2D eigenvalue weighted by atomic mass is 10.1. The van der Waals surface area contributed by atoms with Crippen LogP contribution in [0.25, 0.3) is 17.0 Å². The SMILES string of the molecule is Cc1noc(CCNC(=O)C=Cc2cn(C)c3ccccc23)n1. The molecule has 1 N–H and O–H groups in total. The number of aryl methyl sites for hydroxylation is 2. The molecule has 0 radical (unpaired) electrons. The van der Waals surface area contributed by atoms with Crippen LogP contribution in [0, 0.1) is 6.92 Å². The molecule has 0 aliphatic carbocycles. The Bertz CT molecular complexity index is 860. The standard InChI is InChI=1S/C17H18N4O2/c1-12-19-17(23-20-12)9-10-18-16(22)8-7-13-11-21(2)15-6-4-3-5-14(13)15/h3-8,11H,9-10H2,1-2H3,(H,18,22). The molecule has 6 nitrogen and oxygen atoms in total. The minimum atomic E-state index is -0.144. The fraction of sp³-hybridized carbons (Fsp3) is 0.235. The maximum absolute atomic E-state index is 11.9. The minimum absolute atomic E-state index is 0.144. The minimum Gasteiger partial charge on any atom is -0.352 e. The molecule has 0 atom stereocenters. The van der Waals surface area contributed by atoms with Crippen LogP contribution in [0.1, 0.15) is 17.3 Å². The third kappa shape index (κ3) is 3.48. The van der Waals surface area contributed by atoms with Crippen LogP contribution in [0.15, 0.2) is 41.1 Å². The highest BCUT2D eigenvalue weighted by Gasteiger charge is 2.05. The fourth-order valence-electron chi connectivity index (χ4n) is 2.46. The van der Waals surface area contributed by atoms with E-state index in [-0.39, 0.29) is 5.91 Å². The number of nitrogens with one attached hydrogen (secondary N) is 1. The van der Waals surface area contributed by atoms with E-state index in [2.05, 4.69) is 21.5 Å². The number of rotatable bonds is 5. The first-order valence-corrected chi connectivity index (χ1v) is 7.42. The van der Waals surface area contributed by atoms with Crippen LogP contribution in [0.4, 0.5) is 0 Å². The number of fused-ring (bicyclic) bond motifs is 1. The zero-order valence-electron chi connectivity index (χ0n) is 13.1. The Morgan fingerprint density at radius 2 is 2.22 bits per heavy atom. The maximum atomic E-state index is 11.9. The van der Waals surface area contributed by atoms with Crippen LogP contribution in [0.2, 0.25) is 0 Å². The van der Waals surface area contributed by atoms with E-state index >= 15 is 0 Å². The topological polar surface area (TPSA) is 73.0 Å². The monoisotopic (exact) mass is 310 g/mol. The number of aromatic nitrogens is 3. The van der Waals surface area contributed by atoms with E-state index in [0.717, 1.165) is 16.5 Å². The fourth-order valence-corrected chi connectivity index (χ4v) is 2.46. The smallest absolute Gasteiger partial charge is 0.244 e. The van der Waals surface area contributed by atoms with E-state index in [0.29, 0.717) is 24.7 Å². The molecule has 3 aromatic rings. The van der Waals surface area contributed by atoms with Gasteiger partial charge >= 0.3 is 0 Å². The first-order chi connectivity index (χ1) is 11.1. The van der Waals surface area contributed by atoms with Crippen molar-refractivity contribution in [2.45, 2.75) is 13.3 Å². The molecular weight excluding hydrogens is 292 g/mol. The summed E-state index contributed by atoms with van der Waals surface area (Å²) in [5, 5.41) is 7.64. The summed E-state index contributed by atoms with van der Waals surface area (Å²) in [6, 6.07) is 8.10. The van der Waals surface area contributed by atoms with Gasteiger partial charge in [0.2, 0.25) is 11.8 Å². The summed E-state index contributed by atoms with van der Waals surface area (Å²) in [5.74, 6) is 0.984. The van der Waals surface area contributed by atoms with E-state index in [1.54, 1.807) is 13.0 Å². The lowest BCUT2D eigenvalue weighted by molar-refractivity contribution is -0.116. The van der Waals surface area contributed by atoms with Crippen LogP contribution in [-0.2, 0) is 18.3 Å². The number of carbonyl (C=O) groups is 1. The Morgan fingerprint density at radius 1 is 1.39 bits per heavy atom. The predicted molar refractivity (Wildman–Crippen MR) is 87.7 cm³/mol. The van der Waals surface area contributed by atoms with Gasteiger partial charge in [-0.15, -0.1) is 0 Å². The van der Waals surface area contributed by atoms with Crippen molar-refractivity contribution in [2.24, 2.45) is 7.05 Å². The van der Waals surface area contributed by atoms with Crippen molar-refractivity contribution in [1.82, 2.24) is 20.0 Å². The third-order valence-electron chi connectivity index (χ3n) is 3.55. The van der Waals surface area contributed by atoms with Crippen molar-refractivity contribution in [3.05, 3.63) is 53.8 Å². The van der Waals surface area contributed by atoms with Gasteiger partial charge in [0, 0.05) is 48.8 Å². The Kier molecular flexibility index (Phi) is 4.23. The van der Waals surface area contributed by atoms with Crippen molar-refractivity contribution in [3.63, 3.8) is 0 Å². The van der Waals surface area contributed by atoms with E-state index in [1.165, 1.54) is 0 Å². The average molecular weight is 310 g/mol. The van der Waals surface area contributed by atoms with Gasteiger partial charge in [0.1, 0.15) is 0 Å². The maximum Gasteiger partial charge on any atom is 0.244 e. The number of hydrogen-bond donors (Lipinski definition) is 1. The van der Waals surface area contributed by atoms with Gasteiger partial charge in [0.15, 0.2) is 5.82 Å². The summed E-state index contributed by atoms with van der Waals surface area (Å²) in [7, 11) is 1.99. The highest BCUT2D eigenvalue weighted by molar-refractivity contribution is 5.96. The van der Waals surface area contributed by atoms with Gasteiger partial charge < -0.3 is 14.4 Å². The van der Waals surface area contributed by atoms with Gasteiger partial charge in [-0.25, -0.2) is 0 Å². The molecule has 0 spiro atoms. The Morgan fingerprint density at radius 3 is 3.00 bits per heavy atom. The zero-order valence-corrected chi connectivity index (χ0v) is 13.1. The first kappa shape index (κ1) is 15.0. The molecule has 2 heterocycles. The number of nitrogens with zero attached hydrogens (tertiary/aromatic N) is 3. The highest BCUT2D eigenvalue weighted by atomic mass is 16.5. The number of carbonyl (C=O) groups excluding carboxylic acids is 1. The van der Waals surface area contributed by atoms with Gasteiger partial charge in [-0.05, 0) is 19.1 Å². The third-order valence-corrected chi connectivity index (χ3v) is 3.55. The number of hydrogen-bond acceptors (Lipinski definition) is 4. The Hall–Kier alpha value is -2.89. The molecule has 1 amide bonds. The summed E-state index contributed by atoms with van der Waals surface area (Å²) < 4.78 is 7.04. The normalized spacial score (nSPS) is 11.4. The predicted octanol–water partition coefficient (Wildman–Crippen LogP) is 2.24. The summed E-state index contributed by atoms with van der Waals surface area (Å²) in [4.78, 5) is 16.0. The highest BCUT2D eigenvalue weighted by Crippen LogP contribution is 2.21. The van der Waals surface area contributed by atoms with E-state index in [1.807, 2.05) is 42.1 Å². The average Bonchev–Trinajstić information content (AvgIpc) is 3.10. The van der Waals surface area contributed by atoms with Crippen molar-refractivity contribution in [3.8, 4) is 0 Å². The van der Waals surface area contributed by atoms with Crippen LogP contribution >= 0.6 is 0 Å². The zero-order chi connectivity index (χ0) is 16.2. The van der Waals surface area contributed by atoms with Crippen molar-refractivity contribution in [2.75, 3.05) is 6.54 Å². The van der Waals surface area contributed by atoms with Crippen LogP contribution in [-0.4, -0.2) is 27.2 Å². The quantitative estimate of drug-likeness (QED) is 0.734. The molecule has 0 bridgehead atoms. The second-order valence-corrected chi connectivity index (χ2v) is 5.32. The molecule has 0 aliphatic rings. The molecule has 0 unspecified atom stereocenters. The second-order valence-electron chi connectivity index (χ2n) is 5.32. The number of benzene rings is 1. The van der Waals surface area contributed by atoms with Gasteiger partial charge in [-0.1, -0.05) is 23.4 Å². The van der Waals surface area contributed by atoms with E-state index in [9.17, 15) is 4.79 Å². The Labute approximate surface area is 133 Å². The number of para-hydroxylation sites is 1. The first-order valence-electron chi connectivity index (χ1n) is 7.42. The van der Waals surface area contributed by atoms with Crippen LogP contribution < -0.4 is 5.32 Å². The summed E-state index contributed by atoms with van der Waals surface area (Å²) >= 11 is 0. The van der Waals surface area contributed by atoms with Crippen LogP contribution in [0.3, 0.4) is 0 Å². The Balaban J connectivity index is 1.59. The molecule has 118 valence electrons. The van der Waals surface area contributed by atoms with E-state index in [4.69, 9.17) is 4.52 Å². The van der Waals surface area contributed by atoms with Gasteiger partial charge in [0.05, 0.1) is 0 Å².